The van der Waals surface area contributed by atoms with Gasteiger partial charge in [-0.15, -0.1) is 0 Å². The van der Waals surface area contributed by atoms with Gasteiger partial charge in [0.15, 0.2) is 0 Å². The van der Waals surface area contributed by atoms with E-state index in [2.05, 4.69) is 37.3 Å². The number of carbonyl (C=O) groups excluding carboxylic acids is 1. The van der Waals surface area contributed by atoms with E-state index in [0.717, 1.165) is 27.8 Å². The maximum Gasteiger partial charge on any atom is 0.217 e. The first-order chi connectivity index (χ1) is 12.0. The largest absolute Gasteiger partial charge is 0.508 e. The van der Waals surface area contributed by atoms with Crippen molar-refractivity contribution < 1.29 is 9.90 Å². The minimum absolute atomic E-state index is 0.223. The van der Waals surface area contributed by atoms with E-state index in [1.54, 1.807) is 12.1 Å². The standard InChI is InChI=1S/C22H21NO2/c1-15-4-2-5-16(12-15)17-8-10-21(18-6-3-7-20(24)14-18)19(13-17)9-11-22(23)25/h2-8,10,12-14,24H,9,11H2,1H3,(H2,23,25). The lowest BCUT2D eigenvalue weighted by atomic mass is 9.92. The maximum absolute atomic E-state index is 11.3. The molecule has 3 N–H and O–H groups in total. The van der Waals surface area contributed by atoms with Gasteiger partial charge < -0.3 is 10.8 Å². The van der Waals surface area contributed by atoms with Crippen LogP contribution in [0.4, 0.5) is 0 Å². The molecular weight excluding hydrogens is 310 g/mol. The lowest BCUT2D eigenvalue weighted by Crippen LogP contribution is -2.11. The first kappa shape index (κ1) is 16.8. The van der Waals surface area contributed by atoms with Crippen LogP contribution in [0.5, 0.6) is 5.75 Å². The van der Waals surface area contributed by atoms with Crippen molar-refractivity contribution in [1.82, 2.24) is 0 Å². The van der Waals surface area contributed by atoms with Crippen LogP contribution in [0.3, 0.4) is 0 Å². The summed E-state index contributed by atoms with van der Waals surface area (Å²) in [5, 5.41) is 9.77. The van der Waals surface area contributed by atoms with E-state index in [1.165, 1.54) is 5.56 Å². The highest BCUT2D eigenvalue weighted by molar-refractivity contribution is 5.77. The Kier molecular flexibility index (Phi) is 4.85. The van der Waals surface area contributed by atoms with E-state index in [9.17, 15) is 9.90 Å². The molecule has 0 atom stereocenters. The summed E-state index contributed by atoms with van der Waals surface area (Å²) in [6.07, 6.45) is 0.864. The molecule has 0 aromatic heterocycles. The molecule has 126 valence electrons. The van der Waals surface area contributed by atoms with Gasteiger partial charge in [-0.1, -0.05) is 60.2 Å². The number of rotatable bonds is 5. The fourth-order valence-electron chi connectivity index (χ4n) is 3.02. The van der Waals surface area contributed by atoms with Crippen molar-refractivity contribution in [3.05, 3.63) is 77.9 Å². The molecule has 0 unspecified atom stereocenters. The van der Waals surface area contributed by atoms with Crippen molar-refractivity contribution in [3.63, 3.8) is 0 Å². The monoisotopic (exact) mass is 331 g/mol. The molecule has 0 radical (unpaired) electrons. The molecule has 3 aromatic rings. The van der Waals surface area contributed by atoms with E-state index in [0.29, 0.717) is 12.8 Å². The lowest BCUT2D eigenvalue weighted by Gasteiger charge is -2.13. The van der Waals surface area contributed by atoms with Crippen molar-refractivity contribution in [3.8, 4) is 28.0 Å². The fourth-order valence-corrected chi connectivity index (χ4v) is 3.02. The smallest absolute Gasteiger partial charge is 0.217 e. The number of aromatic hydroxyl groups is 1. The van der Waals surface area contributed by atoms with Gasteiger partial charge in [-0.2, -0.15) is 0 Å². The highest BCUT2D eigenvalue weighted by Crippen LogP contribution is 2.31. The Balaban J connectivity index is 2.07. The summed E-state index contributed by atoms with van der Waals surface area (Å²) >= 11 is 0. The number of phenols is 1. The molecule has 3 nitrogen and oxygen atoms in total. The molecule has 25 heavy (non-hydrogen) atoms. The minimum Gasteiger partial charge on any atom is -0.508 e. The molecule has 0 aliphatic carbocycles. The molecule has 3 rings (SSSR count). The normalized spacial score (nSPS) is 10.6. The molecule has 1 amide bonds. The third kappa shape index (κ3) is 4.07. The second-order valence-corrected chi connectivity index (χ2v) is 6.26. The third-order valence-electron chi connectivity index (χ3n) is 4.25. The van der Waals surface area contributed by atoms with Crippen LogP contribution in [0, 0.1) is 6.92 Å². The lowest BCUT2D eigenvalue weighted by molar-refractivity contribution is -0.117. The molecule has 3 heteroatoms. The number of amides is 1. The highest BCUT2D eigenvalue weighted by Gasteiger charge is 2.10. The van der Waals surface area contributed by atoms with Crippen LogP contribution in [0.15, 0.2) is 66.7 Å². The number of primary amides is 1. The van der Waals surface area contributed by atoms with Crippen molar-refractivity contribution in [2.24, 2.45) is 5.73 Å². The Bertz CT molecular complexity index is 915. The Morgan fingerprint density at radius 1 is 0.920 bits per heavy atom. The van der Waals surface area contributed by atoms with Crippen LogP contribution in [-0.2, 0) is 11.2 Å². The molecule has 0 saturated heterocycles. The molecule has 0 aliphatic heterocycles. The minimum atomic E-state index is -0.317. The van der Waals surface area contributed by atoms with Crippen molar-refractivity contribution in [1.29, 1.82) is 0 Å². The van der Waals surface area contributed by atoms with Gasteiger partial charge in [-0.05, 0) is 53.3 Å². The molecule has 0 heterocycles. The Morgan fingerprint density at radius 2 is 1.64 bits per heavy atom. The summed E-state index contributed by atoms with van der Waals surface area (Å²) in [4.78, 5) is 11.3. The van der Waals surface area contributed by atoms with Gasteiger partial charge >= 0.3 is 0 Å². The van der Waals surface area contributed by atoms with Gasteiger partial charge in [-0.25, -0.2) is 0 Å². The third-order valence-corrected chi connectivity index (χ3v) is 4.25. The average molecular weight is 331 g/mol. The van der Waals surface area contributed by atoms with Gasteiger partial charge in [0.1, 0.15) is 5.75 Å². The molecule has 3 aromatic carbocycles. The topological polar surface area (TPSA) is 63.3 Å². The highest BCUT2D eigenvalue weighted by atomic mass is 16.3. The number of benzene rings is 3. The van der Waals surface area contributed by atoms with E-state index >= 15 is 0 Å². The first-order valence-electron chi connectivity index (χ1n) is 8.30. The van der Waals surface area contributed by atoms with E-state index in [1.807, 2.05) is 24.3 Å². The summed E-state index contributed by atoms with van der Waals surface area (Å²) < 4.78 is 0. The SMILES string of the molecule is Cc1cccc(-c2ccc(-c3cccc(O)c3)c(CCC(N)=O)c2)c1. The quantitative estimate of drug-likeness (QED) is 0.725. The predicted molar refractivity (Wildman–Crippen MR) is 101 cm³/mol. The van der Waals surface area contributed by atoms with Crippen molar-refractivity contribution >= 4 is 5.91 Å². The second-order valence-electron chi connectivity index (χ2n) is 6.26. The average Bonchev–Trinajstić information content (AvgIpc) is 2.59. The van der Waals surface area contributed by atoms with E-state index < -0.39 is 0 Å². The number of hydrogen-bond acceptors (Lipinski definition) is 2. The van der Waals surface area contributed by atoms with Crippen LogP contribution >= 0.6 is 0 Å². The molecule has 0 saturated carbocycles. The zero-order chi connectivity index (χ0) is 17.8. The van der Waals surface area contributed by atoms with Gasteiger partial charge in [0.2, 0.25) is 5.91 Å². The van der Waals surface area contributed by atoms with Crippen molar-refractivity contribution in [2.75, 3.05) is 0 Å². The fraction of sp³-hybridized carbons (Fsp3) is 0.136. The number of nitrogens with two attached hydrogens (primary N) is 1. The summed E-state index contributed by atoms with van der Waals surface area (Å²) in [5.41, 5.74) is 11.8. The number of aryl methyl sites for hydroxylation is 2. The van der Waals surface area contributed by atoms with Gasteiger partial charge in [0.05, 0.1) is 0 Å². The van der Waals surface area contributed by atoms with Crippen LogP contribution < -0.4 is 5.73 Å². The summed E-state index contributed by atoms with van der Waals surface area (Å²) in [6.45, 7) is 2.07. The Morgan fingerprint density at radius 3 is 2.36 bits per heavy atom. The maximum atomic E-state index is 11.3. The number of hydrogen-bond donors (Lipinski definition) is 2. The van der Waals surface area contributed by atoms with Gasteiger partial charge in [0.25, 0.3) is 0 Å². The summed E-state index contributed by atoms with van der Waals surface area (Å²) in [7, 11) is 0. The molecule has 0 bridgehead atoms. The van der Waals surface area contributed by atoms with Crippen molar-refractivity contribution in [2.45, 2.75) is 19.8 Å². The molecular formula is C22H21NO2. The molecule has 0 fully saturated rings. The zero-order valence-corrected chi connectivity index (χ0v) is 14.2. The van der Waals surface area contributed by atoms with Crippen LogP contribution in [0.1, 0.15) is 17.5 Å². The van der Waals surface area contributed by atoms with Crippen LogP contribution in [-0.4, -0.2) is 11.0 Å². The summed E-state index contributed by atoms with van der Waals surface area (Å²) in [6, 6.07) is 21.7. The van der Waals surface area contributed by atoms with Gasteiger partial charge in [-0.3, -0.25) is 4.79 Å². The zero-order valence-electron chi connectivity index (χ0n) is 14.2. The molecule has 0 aliphatic rings. The Labute approximate surface area is 147 Å². The van der Waals surface area contributed by atoms with E-state index in [-0.39, 0.29) is 11.7 Å². The van der Waals surface area contributed by atoms with E-state index in [4.69, 9.17) is 5.73 Å². The summed E-state index contributed by atoms with van der Waals surface area (Å²) in [5.74, 6) is -0.0936. The molecule has 0 spiro atoms. The van der Waals surface area contributed by atoms with Crippen LogP contribution in [0.25, 0.3) is 22.3 Å². The number of phenolic OH excluding ortho intramolecular Hbond substituents is 1. The number of carbonyl (C=O) groups is 1. The van der Waals surface area contributed by atoms with Crippen LogP contribution in [0.2, 0.25) is 0 Å². The van der Waals surface area contributed by atoms with Gasteiger partial charge in [0, 0.05) is 6.42 Å². The Hall–Kier alpha value is -3.07. The first-order valence-corrected chi connectivity index (χ1v) is 8.30. The second kappa shape index (κ2) is 7.22. The predicted octanol–water partition coefficient (Wildman–Crippen LogP) is 4.45.